The number of benzene rings is 2. The van der Waals surface area contributed by atoms with Gasteiger partial charge in [0.1, 0.15) is 11.6 Å². The van der Waals surface area contributed by atoms with Crippen molar-refractivity contribution in [1.82, 2.24) is 10.3 Å². The van der Waals surface area contributed by atoms with Gasteiger partial charge in [0, 0.05) is 26.2 Å². The highest BCUT2D eigenvalue weighted by Crippen LogP contribution is 2.28. The van der Waals surface area contributed by atoms with E-state index in [0.29, 0.717) is 31.7 Å². The second-order valence-electron chi connectivity index (χ2n) is 6.20. The van der Waals surface area contributed by atoms with Crippen LogP contribution in [0.2, 0.25) is 0 Å². The van der Waals surface area contributed by atoms with Gasteiger partial charge in [0.15, 0.2) is 0 Å². The highest BCUT2D eigenvalue weighted by Gasteiger charge is 2.26. The molecule has 0 spiro atoms. The minimum absolute atomic E-state index is 0.358. The van der Waals surface area contributed by atoms with Gasteiger partial charge in [-0.25, -0.2) is 9.82 Å². The molecule has 0 aromatic heterocycles. The highest BCUT2D eigenvalue weighted by atomic mass is 19.1. The predicted molar refractivity (Wildman–Crippen MR) is 104 cm³/mol. The molecule has 1 heterocycles. The van der Waals surface area contributed by atoms with E-state index in [0.717, 1.165) is 11.4 Å². The molecule has 1 aliphatic heterocycles. The molecule has 8 heteroatoms. The fourth-order valence-corrected chi connectivity index (χ4v) is 2.95. The van der Waals surface area contributed by atoms with E-state index >= 15 is 0 Å². The standard InChI is InChI=1S/C20H21FN4O3/c1-28-18-5-3-2-4-17(18)24-10-12-25(13-11-24)20(27)19(26)23-22-14-15-6-8-16(21)9-7-15/h2-9,14H,10-13H2,1H3,(H,23,26)/b22-14-. The number of nitrogens with zero attached hydrogens (tertiary/aromatic N) is 3. The zero-order valence-corrected chi connectivity index (χ0v) is 15.5. The van der Waals surface area contributed by atoms with E-state index in [1.807, 2.05) is 24.3 Å². The molecule has 28 heavy (non-hydrogen) atoms. The number of nitrogens with one attached hydrogen (secondary N) is 1. The molecule has 1 aliphatic rings. The number of ether oxygens (including phenoxy) is 1. The number of hydrazone groups is 1. The summed E-state index contributed by atoms with van der Waals surface area (Å²) in [5, 5.41) is 3.75. The second-order valence-corrected chi connectivity index (χ2v) is 6.20. The predicted octanol–water partition coefficient (Wildman–Crippen LogP) is 1.63. The normalized spacial score (nSPS) is 14.2. The average molecular weight is 384 g/mol. The van der Waals surface area contributed by atoms with Crippen molar-refractivity contribution in [2.75, 3.05) is 38.2 Å². The summed E-state index contributed by atoms with van der Waals surface area (Å²) in [5.41, 5.74) is 3.79. The molecule has 0 radical (unpaired) electrons. The van der Waals surface area contributed by atoms with Crippen molar-refractivity contribution in [1.29, 1.82) is 0 Å². The Bertz CT molecular complexity index is 862. The lowest BCUT2D eigenvalue weighted by Crippen LogP contribution is -2.52. The molecule has 2 amide bonds. The van der Waals surface area contributed by atoms with Crippen molar-refractivity contribution in [3.8, 4) is 5.75 Å². The lowest BCUT2D eigenvalue weighted by atomic mass is 10.2. The minimum atomic E-state index is -0.802. The van der Waals surface area contributed by atoms with Crippen LogP contribution in [0.5, 0.6) is 5.75 Å². The molecule has 1 N–H and O–H groups in total. The van der Waals surface area contributed by atoms with Gasteiger partial charge < -0.3 is 14.5 Å². The Morgan fingerprint density at radius 2 is 1.75 bits per heavy atom. The number of hydrogen-bond donors (Lipinski definition) is 1. The third-order valence-electron chi connectivity index (χ3n) is 4.44. The van der Waals surface area contributed by atoms with Gasteiger partial charge in [0.2, 0.25) is 0 Å². The van der Waals surface area contributed by atoms with Gasteiger partial charge in [-0.15, -0.1) is 0 Å². The molecule has 2 aromatic carbocycles. The van der Waals surface area contributed by atoms with Crippen molar-refractivity contribution in [3.63, 3.8) is 0 Å². The molecular weight excluding hydrogens is 363 g/mol. The number of halogens is 1. The van der Waals surface area contributed by atoms with Gasteiger partial charge in [-0.1, -0.05) is 24.3 Å². The Morgan fingerprint density at radius 1 is 1.07 bits per heavy atom. The molecule has 7 nitrogen and oxygen atoms in total. The van der Waals surface area contributed by atoms with E-state index in [1.54, 1.807) is 7.11 Å². The summed E-state index contributed by atoms with van der Waals surface area (Å²) in [5.74, 6) is -1.01. The first kappa shape index (κ1) is 19.3. The summed E-state index contributed by atoms with van der Waals surface area (Å²) < 4.78 is 18.2. The Morgan fingerprint density at radius 3 is 2.43 bits per heavy atom. The number of anilines is 1. The van der Waals surface area contributed by atoms with Crippen LogP contribution < -0.4 is 15.1 Å². The fraction of sp³-hybridized carbons (Fsp3) is 0.250. The van der Waals surface area contributed by atoms with Crippen molar-refractivity contribution in [2.45, 2.75) is 0 Å². The monoisotopic (exact) mass is 384 g/mol. The number of amides is 2. The zero-order chi connectivity index (χ0) is 19.9. The summed E-state index contributed by atoms with van der Waals surface area (Å²) in [7, 11) is 1.62. The first-order valence-electron chi connectivity index (χ1n) is 8.84. The molecule has 1 saturated heterocycles. The Kier molecular flexibility index (Phi) is 6.21. The number of methoxy groups -OCH3 is 1. The van der Waals surface area contributed by atoms with Gasteiger partial charge in [-0.3, -0.25) is 9.59 Å². The summed E-state index contributed by atoms with van der Waals surface area (Å²) in [6, 6.07) is 13.3. The summed E-state index contributed by atoms with van der Waals surface area (Å²) in [6.45, 7) is 2.04. The fourth-order valence-electron chi connectivity index (χ4n) is 2.95. The molecule has 0 atom stereocenters. The van der Waals surface area contributed by atoms with Crippen LogP contribution in [0.1, 0.15) is 5.56 Å². The molecule has 3 rings (SSSR count). The number of carbonyl (C=O) groups is 2. The number of rotatable bonds is 4. The van der Waals surface area contributed by atoms with Gasteiger partial charge in [0.05, 0.1) is 19.0 Å². The third kappa shape index (κ3) is 4.64. The van der Waals surface area contributed by atoms with Crippen LogP contribution in [0, 0.1) is 5.82 Å². The van der Waals surface area contributed by atoms with Crippen LogP contribution in [0.3, 0.4) is 0 Å². The Hall–Kier alpha value is -3.42. The summed E-state index contributed by atoms with van der Waals surface area (Å²) in [4.78, 5) is 27.9. The number of carbonyl (C=O) groups excluding carboxylic acids is 2. The van der Waals surface area contributed by atoms with Crippen molar-refractivity contribution in [2.24, 2.45) is 5.10 Å². The quantitative estimate of drug-likeness (QED) is 0.494. The maximum Gasteiger partial charge on any atom is 0.329 e. The topological polar surface area (TPSA) is 74.2 Å². The van der Waals surface area contributed by atoms with Gasteiger partial charge in [-0.05, 0) is 29.8 Å². The van der Waals surface area contributed by atoms with Crippen LogP contribution >= 0.6 is 0 Å². The Balaban J connectivity index is 1.51. The molecule has 1 fully saturated rings. The first-order valence-corrected chi connectivity index (χ1v) is 8.84. The van der Waals surface area contributed by atoms with Crippen LogP contribution in [0.4, 0.5) is 10.1 Å². The van der Waals surface area contributed by atoms with Gasteiger partial charge in [0.25, 0.3) is 0 Å². The van der Waals surface area contributed by atoms with E-state index in [4.69, 9.17) is 4.74 Å². The molecule has 0 unspecified atom stereocenters. The maximum absolute atomic E-state index is 12.9. The van der Waals surface area contributed by atoms with E-state index in [1.165, 1.54) is 35.4 Å². The summed E-state index contributed by atoms with van der Waals surface area (Å²) >= 11 is 0. The van der Waals surface area contributed by atoms with E-state index in [-0.39, 0.29) is 5.82 Å². The summed E-state index contributed by atoms with van der Waals surface area (Å²) in [6.07, 6.45) is 1.35. The molecule has 2 aromatic rings. The van der Waals surface area contributed by atoms with Crippen LogP contribution in [0.25, 0.3) is 0 Å². The zero-order valence-electron chi connectivity index (χ0n) is 15.5. The number of hydrogen-bond acceptors (Lipinski definition) is 5. The minimum Gasteiger partial charge on any atom is -0.495 e. The van der Waals surface area contributed by atoms with E-state index in [2.05, 4.69) is 15.4 Å². The van der Waals surface area contributed by atoms with Crippen LogP contribution in [-0.2, 0) is 9.59 Å². The SMILES string of the molecule is COc1ccccc1N1CCN(C(=O)C(=O)N/N=C\c2ccc(F)cc2)CC1. The third-order valence-corrected chi connectivity index (χ3v) is 4.44. The first-order chi connectivity index (χ1) is 13.6. The highest BCUT2D eigenvalue weighted by molar-refractivity contribution is 6.35. The van der Waals surface area contributed by atoms with Crippen molar-refractivity contribution >= 4 is 23.7 Å². The molecule has 0 saturated carbocycles. The Labute approximate surface area is 162 Å². The molecule has 0 aliphatic carbocycles. The molecule has 146 valence electrons. The van der Waals surface area contributed by atoms with Crippen LogP contribution in [0.15, 0.2) is 53.6 Å². The van der Waals surface area contributed by atoms with Crippen molar-refractivity contribution < 1.29 is 18.7 Å². The second kappa shape index (κ2) is 8.98. The lowest BCUT2D eigenvalue weighted by Gasteiger charge is -2.36. The molecule has 0 bridgehead atoms. The van der Waals surface area contributed by atoms with E-state index in [9.17, 15) is 14.0 Å². The average Bonchev–Trinajstić information content (AvgIpc) is 2.74. The number of para-hydroxylation sites is 2. The van der Waals surface area contributed by atoms with Gasteiger partial charge >= 0.3 is 11.8 Å². The van der Waals surface area contributed by atoms with E-state index < -0.39 is 11.8 Å². The van der Waals surface area contributed by atoms with Crippen LogP contribution in [-0.4, -0.2) is 56.2 Å². The lowest BCUT2D eigenvalue weighted by molar-refractivity contribution is -0.146. The molecular formula is C20H21FN4O3. The smallest absolute Gasteiger partial charge is 0.329 e. The largest absolute Gasteiger partial charge is 0.495 e. The maximum atomic E-state index is 12.9. The number of piperazine rings is 1. The van der Waals surface area contributed by atoms with Crippen molar-refractivity contribution in [3.05, 3.63) is 59.9 Å². The van der Waals surface area contributed by atoms with Gasteiger partial charge in [-0.2, -0.15) is 5.10 Å².